The molecule has 1 amide bonds. The Balaban J connectivity index is 1.22. The van der Waals surface area contributed by atoms with Gasteiger partial charge in [0.15, 0.2) is 12.2 Å². The second-order valence-corrected chi connectivity index (χ2v) is 7.28. The number of nitrogens with zero attached hydrogens (tertiary/aromatic N) is 1. The van der Waals surface area contributed by atoms with Gasteiger partial charge in [-0.05, 0) is 59.3 Å². The number of carbonyl (C=O) groups is 1. The lowest BCUT2D eigenvalue weighted by atomic mass is 10.1. The summed E-state index contributed by atoms with van der Waals surface area (Å²) in [6.45, 7) is -0.0763. The zero-order chi connectivity index (χ0) is 21.9. The van der Waals surface area contributed by atoms with Crippen molar-refractivity contribution in [3.05, 3.63) is 84.9 Å². The highest BCUT2D eigenvalue weighted by Crippen LogP contribution is 2.27. The average molecular weight is 424 g/mol. The van der Waals surface area contributed by atoms with Crippen LogP contribution in [0.2, 0.25) is 0 Å². The van der Waals surface area contributed by atoms with E-state index in [1.54, 1.807) is 19.2 Å². The number of hydrogen-bond acceptors (Lipinski definition) is 5. The van der Waals surface area contributed by atoms with Crippen molar-refractivity contribution in [2.75, 3.05) is 19.0 Å². The third-order valence-electron chi connectivity index (χ3n) is 5.10. The minimum atomic E-state index is -0.236. The molecule has 0 aliphatic carbocycles. The van der Waals surface area contributed by atoms with E-state index in [1.165, 1.54) is 0 Å². The highest BCUT2D eigenvalue weighted by Gasteiger charge is 2.10. The van der Waals surface area contributed by atoms with Gasteiger partial charge in [0.2, 0.25) is 5.89 Å². The molecule has 0 saturated carbocycles. The van der Waals surface area contributed by atoms with Crippen molar-refractivity contribution in [1.82, 2.24) is 4.98 Å². The Morgan fingerprint density at radius 3 is 2.50 bits per heavy atom. The molecule has 0 atom stereocenters. The highest BCUT2D eigenvalue weighted by atomic mass is 16.5. The predicted molar refractivity (Wildman–Crippen MR) is 124 cm³/mol. The normalized spacial score (nSPS) is 10.9. The number of rotatable bonds is 6. The van der Waals surface area contributed by atoms with Crippen LogP contribution in [0.4, 0.5) is 5.69 Å². The molecule has 0 aliphatic rings. The quantitative estimate of drug-likeness (QED) is 0.380. The minimum Gasteiger partial charge on any atom is -0.497 e. The molecule has 0 unspecified atom stereocenters. The third kappa shape index (κ3) is 4.11. The van der Waals surface area contributed by atoms with Gasteiger partial charge in [0, 0.05) is 17.3 Å². The van der Waals surface area contributed by atoms with Crippen molar-refractivity contribution in [2.24, 2.45) is 0 Å². The summed E-state index contributed by atoms with van der Waals surface area (Å²) in [7, 11) is 1.61. The number of nitrogens with one attached hydrogen (secondary N) is 1. The number of carbonyl (C=O) groups excluding carboxylic acids is 1. The van der Waals surface area contributed by atoms with Crippen LogP contribution in [0, 0.1) is 0 Å². The molecule has 0 fully saturated rings. The average Bonchev–Trinajstić information content (AvgIpc) is 3.26. The Hall–Kier alpha value is -4.32. The number of methoxy groups -OCH3 is 1. The van der Waals surface area contributed by atoms with Crippen LogP contribution in [0.15, 0.2) is 89.3 Å². The number of hydrogen-bond donors (Lipinski definition) is 1. The maximum absolute atomic E-state index is 12.3. The van der Waals surface area contributed by atoms with Crippen molar-refractivity contribution < 1.29 is 18.7 Å². The van der Waals surface area contributed by atoms with Crippen LogP contribution in [0.5, 0.6) is 11.5 Å². The Morgan fingerprint density at radius 2 is 1.69 bits per heavy atom. The van der Waals surface area contributed by atoms with E-state index in [1.807, 2.05) is 72.8 Å². The molecular formula is C26H20N2O4. The molecule has 0 aliphatic heterocycles. The second kappa shape index (κ2) is 8.43. The highest BCUT2D eigenvalue weighted by molar-refractivity contribution is 5.92. The number of ether oxygens (including phenoxy) is 2. The van der Waals surface area contributed by atoms with Crippen molar-refractivity contribution >= 4 is 33.5 Å². The van der Waals surface area contributed by atoms with E-state index < -0.39 is 0 Å². The number of oxazole rings is 1. The summed E-state index contributed by atoms with van der Waals surface area (Å²) in [5, 5.41) is 5.03. The van der Waals surface area contributed by atoms with Crippen LogP contribution < -0.4 is 14.8 Å². The summed E-state index contributed by atoms with van der Waals surface area (Å²) >= 11 is 0. The SMILES string of the molecule is COc1ccc2oc(-c3ccc(NC(=O)COc4ccc5ccccc5c4)cc3)nc2c1. The van der Waals surface area contributed by atoms with E-state index in [0.29, 0.717) is 22.9 Å². The number of amides is 1. The summed E-state index contributed by atoms with van der Waals surface area (Å²) in [5.74, 6) is 1.65. The van der Waals surface area contributed by atoms with Crippen LogP contribution in [0.25, 0.3) is 33.3 Å². The van der Waals surface area contributed by atoms with Crippen LogP contribution in [-0.4, -0.2) is 24.6 Å². The molecule has 0 bridgehead atoms. The summed E-state index contributed by atoms with van der Waals surface area (Å²) in [4.78, 5) is 16.8. The summed E-state index contributed by atoms with van der Waals surface area (Å²) in [6, 6.07) is 26.6. The third-order valence-corrected chi connectivity index (χ3v) is 5.10. The standard InChI is InChI=1S/C26H20N2O4/c1-30-21-12-13-24-23(15-21)28-26(32-24)18-6-9-20(10-7-18)27-25(29)16-31-22-11-8-17-4-2-3-5-19(17)14-22/h2-15H,16H2,1H3,(H,27,29). The summed E-state index contributed by atoms with van der Waals surface area (Å²) < 4.78 is 16.7. The van der Waals surface area contributed by atoms with Gasteiger partial charge >= 0.3 is 0 Å². The van der Waals surface area contributed by atoms with Crippen LogP contribution in [0.1, 0.15) is 0 Å². The molecular weight excluding hydrogens is 404 g/mol. The Labute approximate surface area is 184 Å². The molecule has 1 N–H and O–H groups in total. The lowest BCUT2D eigenvalue weighted by molar-refractivity contribution is -0.118. The van der Waals surface area contributed by atoms with Crippen molar-refractivity contribution in [2.45, 2.75) is 0 Å². The van der Waals surface area contributed by atoms with Gasteiger partial charge in [0.05, 0.1) is 7.11 Å². The topological polar surface area (TPSA) is 73.6 Å². The van der Waals surface area contributed by atoms with E-state index in [0.717, 1.165) is 27.6 Å². The van der Waals surface area contributed by atoms with Gasteiger partial charge in [0.25, 0.3) is 5.91 Å². The zero-order valence-electron chi connectivity index (χ0n) is 17.4. The van der Waals surface area contributed by atoms with Crippen LogP contribution >= 0.6 is 0 Å². The largest absolute Gasteiger partial charge is 0.497 e. The zero-order valence-corrected chi connectivity index (χ0v) is 17.4. The maximum Gasteiger partial charge on any atom is 0.262 e. The molecule has 5 rings (SSSR count). The molecule has 32 heavy (non-hydrogen) atoms. The van der Waals surface area contributed by atoms with E-state index in [-0.39, 0.29) is 12.5 Å². The molecule has 0 spiro atoms. The van der Waals surface area contributed by atoms with Crippen molar-refractivity contribution in [3.8, 4) is 23.0 Å². The molecule has 0 saturated heterocycles. The monoisotopic (exact) mass is 424 g/mol. The van der Waals surface area contributed by atoms with Gasteiger partial charge in [-0.3, -0.25) is 4.79 Å². The number of aromatic nitrogens is 1. The predicted octanol–water partition coefficient (Wildman–Crippen LogP) is 5.67. The van der Waals surface area contributed by atoms with E-state index >= 15 is 0 Å². The molecule has 6 nitrogen and oxygen atoms in total. The first kappa shape index (κ1) is 19.6. The van der Waals surface area contributed by atoms with Crippen LogP contribution in [0.3, 0.4) is 0 Å². The van der Waals surface area contributed by atoms with Gasteiger partial charge in [-0.25, -0.2) is 4.98 Å². The molecule has 0 radical (unpaired) electrons. The van der Waals surface area contributed by atoms with E-state index in [2.05, 4.69) is 10.3 Å². The molecule has 4 aromatic carbocycles. The second-order valence-electron chi connectivity index (χ2n) is 7.28. The lowest BCUT2D eigenvalue weighted by Gasteiger charge is -2.08. The van der Waals surface area contributed by atoms with Gasteiger partial charge in [-0.15, -0.1) is 0 Å². The van der Waals surface area contributed by atoms with Gasteiger partial charge in [-0.2, -0.15) is 0 Å². The Morgan fingerprint density at radius 1 is 0.906 bits per heavy atom. The van der Waals surface area contributed by atoms with Crippen molar-refractivity contribution in [1.29, 1.82) is 0 Å². The summed E-state index contributed by atoms with van der Waals surface area (Å²) in [5.41, 5.74) is 2.89. The molecule has 6 heteroatoms. The molecule has 5 aromatic rings. The molecule has 1 heterocycles. The maximum atomic E-state index is 12.3. The summed E-state index contributed by atoms with van der Waals surface area (Å²) in [6.07, 6.45) is 0. The Kier molecular flexibility index (Phi) is 5.17. The van der Waals surface area contributed by atoms with Crippen LogP contribution in [-0.2, 0) is 4.79 Å². The Bertz CT molecular complexity index is 1410. The molecule has 1 aromatic heterocycles. The van der Waals surface area contributed by atoms with Gasteiger partial charge < -0.3 is 19.2 Å². The number of benzene rings is 4. The van der Waals surface area contributed by atoms with Gasteiger partial charge in [-0.1, -0.05) is 30.3 Å². The van der Waals surface area contributed by atoms with Gasteiger partial charge in [0.1, 0.15) is 17.0 Å². The number of fused-ring (bicyclic) bond motifs is 2. The first-order valence-electron chi connectivity index (χ1n) is 10.1. The fourth-order valence-electron chi connectivity index (χ4n) is 3.46. The molecule has 158 valence electrons. The smallest absolute Gasteiger partial charge is 0.262 e. The fraction of sp³-hybridized carbons (Fsp3) is 0.0769. The lowest BCUT2D eigenvalue weighted by Crippen LogP contribution is -2.20. The fourth-order valence-corrected chi connectivity index (χ4v) is 3.46. The first-order chi connectivity index (χ1) is 15.7. The van der Waals surface area contributed by atoms with E-state index in [9.17, 15) is 4.79 Å². The number of anilines is 1. The van der Waals surface area contributed by atoms with E-state index in [4.69, 9.17) is 13.9 Å². The minimum absolute atomic E-state index is 0.0763. The van der Waals surface area contributed by atoms with Crippen molar-refractivity contribution in [3.63, 3.8) is 0 Å². The first-order valence-corrected chi connectivity index (χ1v) is 10.1.